The van der Waals surface area contributed by atoms with Crippen molar-refractivity contribution < 1.29 is 4.42 Å². The number of benzene rings is 7. The van der Waals surface area contributed by atoms with E-state index in [9.17, 15) is 0 Å². The minimum absolute atomic E-state index is 0.498. The molecule has 9 aromatic rings. The highest BCUT2D eigenvalue weighted by Gasteiger charge is 2.46. The number of aromatic nitrogens is 2. The zero-order valence-electron chi connectivity index (χ0n) is 27.1. The maximum Gasteiger partial charge on any atom is 0.160 e. The van der Waals surface area contributed by atoms with Crippen LogP contribution in [0.5, 0.6) is 0 Å². The maximum atomic E-state index is 6.51. The summed E-state index contributed by atoms with van der Waals surface area (Å²) in [6, 6.07) is 64.3. The fourth-order valence-corrected chi connectivity index (χ4v) is 8.10. The fourth-order valence-electron chi connectivity index (χ4n) is 8.10. The Kier molecular flexibility index (Phi) is 6.40. The standard InChI is InChI=1S/C47H30N2O/c1-4-16-31(17-5-1)46-48-41(30-42(49-46)38-26-14-24-35-34-22-11-13-29-43(34)50-45(35)38)37-25-15-28-40-44(37)36-23-10-12-27-39(36)47(40,32-18-6-2-7-19-32)33-20-8-3-9-21-33/h1-30H. The Balaban J connectivity index is 1.28. The van der Waals surface area contributed by atoms with Gasteiger partial charge in [-0.2, -0.15) is 0 Å². The first kappa shape index (κ1) is 28.4. The number of nitrogens with zero attached hydrogens (tertiary/aromatic N) is 2. The summed E-state index contributed by atoms with van der Waals surface area (Å²) in [5.41, 5.74) is 13.2. The van der Waals surface area contributed by atoms with Crippen LogP contribution in [0, 0.1) is 0 Å². The first-order valence-corrected chi connectivity index (χ1v) is 17.0. The Bertz CT molecular complexity index is 2660. The molecule has 50 heavy (non-hydrogen) atoms. The summed E-state index contributed by atoms with van der Waals surface area (Å²) < 4.78 is 6.51. The Labute approximate surface area is 290 Å². The lowest BCUT2D eigenvalue weighted by Gasteiger charge is -2.33. The predicted octanol–water partition coefficient (Wildman–Crippen LogP) is 11.7. The predicted molar refractivity (Wildman–Crippen MR) is 203 cm³/mol. The SMILES string of the molecule is c1ccc(-c2nc(-c3cccc4c3-c3ccccc3C4(c3ccccc3)c3ccccc3)cc(-c3cccc4c3oc3ccccc34)n2)cc1. The fraction of sp³-hybridized carbons (Fsp3) is 0.0213. The Morgan fingerprint density at radius 2 is 0.960 bits per heavy atom. The average Bonchev–Trinajstić information content (AvgIpc) is 3.73. The molecule has 2 heterocycles. The second-order valence-electron chi connectivity index (χ2n) is 12.9. The van der Waals surface area contributed by atoms with Gasteiger partial charge in [-0.25, -0.2) is 9.97 Å². The number of para-hydroxylation sites is 2. The summed E-state index contributed by atoms with van der Waals surface area (Å²) in [6.07, 6.45) is 0. The molecule has 0 radical (unpaired) electrons. The van der Waals surface area contributed by atoms with E-state index >= 15 is 0 Å². The van der Waals surface area contributed by atoms with Gasteiger partial charge in [-0.05, 0) is 51.6 Å². The molecule has 0 unspecified atom stereocenters. The van der Waals surface area contributed by atoms with Crippen LogP contribution in [0.1, 0.15) is 22.3 Å². The molecule has 234 valence electrons. The Hall–Kier alpha value is -6.58. The van der Waals surface area contributed by atoms with Gasteiger partial charge in [0.05, 0.1) is 16.8 Å². The first-order valence-electron chi connectivity index (χ1n) is 17.0. The number of furan rings is 1. The smallest absolute Gasteiger partial charge is 0.160 e. The van der Waals surface area contributed by atoms with Crippen molar-refractivity contribution in [3.05, 3.63) is 204 Å². The largest absolute Gasteiger partial charge is 0.455 e. The Morgan fingerprint density at radius 3 is 1.72 bits per heavy atom. The Morgan fingerprint density at radius 1 is 0.420 bits per heavy atom. The lowest BCUT2D eigenvalue weighted by molar-refractivity contribution is 0.670. The van der Waals surface area contributed by atoms with Crippen LogP contribution in [0.4, 0.5) is 0 Å². The number of rotatable bonds is 5. The van der Waals surface area contributed by atoms with Crippen molar-refractivity contribution in [1.82, 2.24) is 9.97 Å². The molecule has 2 aromatic heterocycles. The molecule has 0 fully saturated rings. The third kappa shape index (κ3) is 4.17. The molecular formula is C47H30N2O. The summed E-state index contributed by atoms with van der Waals surface area (Å²) in [7, 11) is 0. The van der Waals surface area contributed by atoms with Gasteiger partial charge in [-0.1, -0.05) is 164 Å². The molecule has 0 atom stereocenters. The van der Waals surface area contributed by atoms with E-state index in [4.69, 9.17) is 14.4 Å². The molecule has 0 amide bonds. The molecule has 7 aromatic carbocycles. The summed E-state index contributed by atoms with van der Waals surface area (Å²) in [6.45, 7) is 0. The zero-order valence-corrected chi connectivity index (χ0v) is 27.1. The van der Waals surface area contributed by atoms with E-state index in [0.29, 0.717) is 5.82 Å². The lowest BCUT2D eigenvalue weighted by atomic mass is 9.67. The van der Waals surface area contributed by atoms with E-state index in [1.54, 1.807) is 0 Å². The number of hydrogen-bond acceptors (Lipinski definition) is 3. The molecule has 3 heteroatoms. The molecule has 0 saturated carbocycles. The maximum absolute atomic E-state index is 6.51. The van der Waals surface area contributed by atoms with E-state index in [-0.39, 0.29) is 0 Å². The highest BCUT2D eigenvalue weighted by atomic mass is 16.3. The second kappa shape index (κ2) is 11.3. The summed E-state index contributed by atoms with van der Waals surface area (Å²) in [5, 5.41) is 2.17. The highest BCUT2D eigenvalue weighted by molar-refractivity contribution is 6.09. The quantitative estimate of drug-likeness (QED) is 0.188. The van der Waals surface area contributed by atoms with Crippen molar-refractivity contribution >= 4 is 21.9 Å². The second-order valence-corrected chi connectivity index (χ2v) is 12.9. The van der Waals surface area contributed by atoms with E-state index in [1.807, 2.05) is 30.3 Å². The van der Waals surface area contributed by atoms with Gasteiger partial charge in [0, 0.05) is 27.5 Å². The minimum atomic E-state index is -0.498. The summed E-state index contributed by atoms with van der Waals surface area (Å²) >= 11 is 0. The van der Waals surface area contributed by atoms with Crippen molar-refractivity contribution in [2.75, 3.05) is 0 Å². The molecule has 0 saturated heterocycles. The normalized spacial score (nSPS) is 13.0. The van der Waals surface area contributed by atoms with Crippen LogP contribution in [0.25, 0.3) is 67.0 Å². The van der Waals surface area contributed by atoms with Gasteiger partial charge < -0.3 is 4.42 Å². The lowest BCUT2D eigenvalue weighted by Crippen LogP contribution is -2.28. The zero-order chi connectivity index (χ0) is 33.1. The highest BCUT2D eigenvalue weighted by Crippen LogP contribution is 2.58. The van der Waals surface area contributed by atoms with Gasteiger partial charge >= 0.3 is 0 Å². The molecule has 1 aliphatic carbocycles. The van der Waals surface area contributed by atoms with Crippen LogP contribution < -0.4 is 0 Å². The van der Waals surface area contributed by atoms with Crippen molar-refractivity contribution in [1.29, 1.82) is 0 Å². The van der Waals surface area contributed by atoms with Crippen LogP contribution >= 0.6 is 0 Å². The van der Waals surface area contributed by atoms with Crippen molar-refractivity contribution in [2.45, 2.75) is 5.41 Å². The van der Waals surface area contributed by atoms with Crippen LogP contribution in [-0.2, 0) is 5.41 Å². The minimum Gasteiger partial charge on any atom is -0.455 e. The van der Waals surface area contributed by atoms with Gasteiger partial charge in [-0.15, -0.1) is 0 Å². The molecule has 0 bridgehead atoms. The number of fused-ring (bicyclic) bond motifs is 6. The van der Waals surface area contributed by atoms with Gasteiger partial charge in [0.25, 0.3) is 0 Å². The molecule has 10 rings (SSSR count). The van der Waals surface area contributed by atoms with Crippen LogP contribution in [0.15, 0.2) is 186 Å². The van der Waals surface area contributed by atoms with E-state index in [1.165, 1.54) is 33.4 Å². The average molecular weight is 639 g/mol. The van der Waals surface area contributed by atoms with Gasteiger partial charge in [0.1, 0.15) is 11.2 Å². The summed E-state index contributed by atoms with van der Waals surface area (Å²) in [4.78, 5) is 10.5. The van der Waals surface area contributed by atoms with E-state index in [0.717, 1.165) is 50.0 Å². The van der Waals surface area contributed by atoms with Crippen molar-refractivity contribution in [2.24, 2.45) is 0 Å². The van der Waals surface area contributed by atoms with Crippen LogP contribution in [0.3, 0.4) is 0 Å². The monoisotopic (exact) mass is 638 g/mol. The van der Waals surface area contributed by atoms with Gasteiger partial charge in [-0.3, -0.25) is 0 Å². The first-order chi connectivity index (χ1) is 24.8. The van der Waals surface area contributed by atoms with Crippen LogP contribution in [0.2, 0.25) is 0 Å². The van der Waals surface area contributed by atoms with Gasteiger partial charge in [0.15, 0.2) is 5.82 Å². The number of hydrogen-bond donors (Lipinski definition) is 0. The molecule has 0 aliphatic heterocycles. The molecule has 0 N–H and O–H groups in total. The van der Waals surface area contributed by atoms with Crippen molar-refractivity contribution in [3.8, 4) is 45.0 Å². The molecule has 3 nitrogen and oxygen atoms in total. The topological polar surface area (TPSA) is 38.9 Å². The molecule has 0 spiro atoms. The van der Waals surface area contributed by atoms with Crippen molar-refractivity contribution in [3.63, 3.8) is 0 Å². The van der Waals surface area contributed by atoms with E-state index < -0.39 is 5.41 Å². The van der Waals surface area contributed by atoms with Crippen LogP contribution in [-0.4, -0.2) is 9.97 Å². The molecular weight excluding hydrogens is 609 g/mol. The third-order valence-corrected chi connectivity index (χ3v) is 10.2. The van der Waals surface area contributed by atoms with Gasteiger partial charge in [0.2, 0.25) is 0 Å². The third-order valence-electron chi connectivity index (χ3n) is 10.2. The van der Waals surface area contributed by atoms with E-state index in [2.05, 4.69) is 152 Å². The molecule has 1 aliphatic rings. The summed E-state index contributed by atoms with van der Waals surface area (Å²) in [5.74, 6) is 0.674.